The topological polar surface area (TPSA) is 62.8 Å². The van der Waals surface area contributed by atoms with Gasteiger partial charge < -0.3 is 25.0 Å². The minimum absolute atomic E-state index is 0.0796. The van der Waals surface area contributed by atoms with E-state index < -0.39 is 0 Å². The van der Waals surface area contributed by atoms with Crippen molar-refractivity contribution in [2.45, 2.75) is 25.7 Å². The molecule has 1 saturated heterocycles. The molecule has 0 aromatic heterocycles. The van der Waals surface area contributed by atoms with Crippen LogP contribution < -0.4 is 25.0 Å². The van der Waals surface area contributed by atoms with E-state index in [2.05, 4.69) is 39.8 Å². The summed E-state index contributed by atoms with van der Waals surface area (Å²) >= 11 is 0. The molecule has 1 fully saturated rings. The number of methoxy groups -OCH3 is 2. The number of rotatable bonds is 8. The fourth-order valence-electron chi connectivity index (χ4n) is 3.39. The van der Waals surface area contributed by atoms with Crippen molar-refractivity contribution in [2.24, 2.45) is 0 Å². The first-order valence-corrected chi connectivity index (χ1v) is 9.80. The Hall–Kier alpha value is -2.89. The van der Waals surface area contributed by atoms with Crippen LogP contribution in [-0.2, 0) is 4.79 Å². The number of nitrogens with zero attached hydrogens (tertiary/aromatic N) is 1. The monoisotopic (exact) mass is 383 g/mol. The third kappa shape index (κ3) is 5.31. The summed E-state index contributed by atoms with van der Waals surface area (Å²) in [4.78, 5) is 14.7. The summed E-state index contributed by atoms with van der Waals surface area (Å²) in [6, 6.07) is 13.8. The van der Waals surface area contributed by atoms with Crippen molar-refractivity contribution >= 4 is 23.0 Å². The van der Waals surface area contributed by atoms with Gasteiger partial charge in [-0.15, -0.1) is 0 Å². The lowest BCUT2D eigenvalue weighted by molar-refractivity contribution is -0.116. The Morgan fingerprint density at radius 2 is 1.75 bits per heavy atom. The number of ether oxygens (including phenoxy) is 2. The van der Waals surface area contributed by atoms with Crippen LogP contribution in [0, 0.1) is 0 Å². The second-order valence-electron chi connectivity index (χ2n) is 6.89. The van der Waals surface area contributed by atoms with Crippen molar-refractivity contribution in [3.05, 3.63) is 42.5 Å². The molecule has 3 rings (SSSR count). The molecule has 1 amide bonds. The number of anilines is 3. The van der Waals surface area contributed by atoms with Crippen LogP contribution in [0.5, 0.6) is 11.5 Å². The first kappa shape index (κ1) is 19.9. The van der Waals surface area contributed by atoms with E-state index in [4.69, 9.17) is 9.47 Å². The molecule has 2 N–H and O–H groups in total. The van der Waals surface area contributed by atoms with Crippen LogP contribution in [0.15, 0.2) is 42.5 Å². The number of benzene rings is 2. The maximum atomic E-state index is 12.3. The molecule has 0 atom stereocenters. The highest BCUT2D eigenvalue weighted by Crippen LogP contribution is 2.29. The lowest BCUT2D eigenvalue weighted by atomic mass is 10.1. The van der Waals surface area contributed by atoms with E-state index in [-0.39, 0.29) is 5.91 Å². The fourth-order valence-corrected chi connectivity index (χ4v) is 3.39. The van der Waals surface area contributed by atoms with Crippen LogP contribution in [0.2, 0.25) is 0 Å². The van der Waals surface area contributed by atoms with E-state index in [9.17, 15) is 4.79 Å². The summed E-state index contributed by atoms with van der Waals surface area (Å²) in [7, 11) is 3.17. The zero-order valence-corrected chi connectivity index (χ0v) is 16.7. The first-order valence-electron chi connectivity index (χ1n) is 9.80. The number of carbonyl (C=O) groups excluding carboxylic acids is 1. The van der Waals surface area contributed by atoms with E-state index in [1.807, 2.05) is 0 Å². The molecule has 0 bridgehead atoms. The van der Waals surface area contributed by atoms with Gasteiger partial charge in [-0.05, 0) is 55.7 Å². The average molecular weight is 383 g/mol. The van der Waals surface area contributed by atoms with Crippen molar-refractivity contribution in [1.82, 2.24) is 0 Å². The molecule has 150 valence electrons. The van der Waals surface area contributed by atoms with Gasteiger partial charge >= 0.3 is 0 Å². The van der Waals surface area contributed by atoms with E-state index in [1.54, 1.807) is 32.4 Å². The third-order valence-electron chi connectivity index (χ3n) is 4.95. The molecule has 0 aliphatic carbocycles. The summed E-state index contributed by atoms with van der Waals surface area (Å²) in [6.07, 6.45) is 4.23. The van der Waals surface area contributed by atoms with Crippen LogP contribution in [0.1, 0.15) is 25.7 Å². The summed E-state index contributed by atoms with van der Waals surface area (Å²) in [5.74, 6) is 1.20. The Labute approximate surface area is 166 Å². The lowest BCUT2D eigenvalue weighted by Gasteiger charge is -2.28. The average Bonchev–Trinajstić information content (AvgIpc) is 2.75. The molecule has 1 heterocycles. The maximum absolute atomic E-state index is 12.3. The van der Waals surface area contributed by atoms with Gasteiger partial charge in [-0.25, -0.2) is 0 Å². The van der Waals surface area contributed by atoms with Gasteiger partial charge in [-0.3, -0.25) is 4.79 Å². The van der Waals surface area contributed by atoms with E-state index in [0.717, 1.165) is 18.8 Å². The van der Waals surface area contributed by atoms with E-state index in [0.29, 0.717) is 30.2 Å². The molecule has 6 heteroatoms. The predicted molar refractivity (Wildman–Crippen MR) is 114 cm³/mol. The first-order chi connectivity index (χ1) is 13.7. The molecule has 2 aromatic rings. The standard InChI is InChI=1S/C22H29N3O3/c1-27-19-10-11-21(28-2)20(16-19)24-22(26)12-13-23-17-6-8-18(9-7-17)25-14-4-3-5-15-25/h6-11,16,23H,3-5,12-15H2,1-2H3,(H,24,26). The van der Waals surface area contributed by atoms with E-state index >= 15 is 0 Å². The van der Waals surface area contributed by atoms with Crippen molar-refractivity contribution < 1.29 is 14.3 Å². The molecule has 2 aromatic carbocycles. The third-order valence-corrected chi connectivity index (χ3v) is 4.95. The van der Waals surface area contributed by atoms with Gasteiger partial charge in [0.1, 0.15) is 11.5 Å². The number of hydrogen-bond acceptors (Lipinski definition) is 5. The summed E-state index contributed by atoms with van der Waals surface area (Å²) in [6.45, 7) is 2.84. The number of piperidine rings is 1. The van der Waals surface area contributed by atoms with Crippen LogP contribution in [0.25, 0.3) is 0 Å². The largest absolute Gasteiger partial charge is 0.497 e. The fraction of sp³-hybridized carbons (Fsp3) is 0.409. The molecule has 6 nitrogen and oxygen atoms in total. The number of hydrogen-bond donors (Lipinski definition) is 2. The molecule has 0 saturated carbocycles. The Morgan fingerprint density at radius 3 is 2.43 bits per heavy atom. The van der Waals surface area contributed by atoms with Crippen molar-refractivity contribution in [3.63, 3.8) is 0 Å². The highest BCUT2D eigenvalue weighted by Gasteiger charge is 2.11. The number of nitrogens with one attached hydrogen (secondary N) is 2. The van der Waals surface area contributed by atoms with E-state index in [1.165, 1.54) is 24.9 Å². The second kappa shape index (κ2) is 9.88. The zero-order valence-electron chi connectivity index (χ0n) is 16.7. The molecular formula is C22H29N3O3. The van der Waals surface area contributed by atoms with Crippen LogP contribution in [0.3, 0.4) is 0 Å². The van der Waals surface area contributed by atoms with Gasteiger partial charge in [-0.2, -0.15) is 0 Å². The van der Waals surface area contributed by atoms with Crippen molar-refractivity contribution in [2.75, 3.05) is 49.4 Å². The molecule has 28 heavy (non-hydrogen) atoms. The molecule has 0 unspecified atom stereocenters. The summed E-state index contributed by atoms with van der Waals surface area (Å²) in [5.41, 5.74) is 2.90. The number of amides is 1. The van der Waals surface area contributed by atoms with Crippen LogP contribution >= 0.6 is 0 Å². The Morgan fingerprint density at radius 1 is 1.00 bits per heavy atom. The molecule has 1 aliphatic rings. The summed E-state index contributed by atoms with van der Waals surface area (Å²) in [5, 5.41) is 6.19. The molecule has 1 aliphatic heterocycles. The van der Waals surface area contributed by atoms with Crippen LogP contribution in [-0.4, -0.2) is 39.8 Å². The Kier molecular flexibility index (Phi) is 7.00. The minimum atomic E-state index is -0.0796. The Balaban J connectivity index is 1.47. The van der Waals surface area contributed by atoms with Gasteiger partial charge in [0.05, 0.1) is 19.9 Å². The number of carbonyl (C=O) groups is 1. The zero-order chi connectivity index (χ0) is 19.8. The SMILES string of the molecule is COc1ccc(OC)c(NC(=O)CCNc2ccc(N3CCCCC3)cc2)c1. The smallest absolute Gasteiger partial charge is 0.226 e. The summed E-state index contributed by atoms with van der Waals surface area (Å²) < 4.78 is 10.5. The van der Waals surface area contributed by atoms with Gasteiger partial charge in [0.25, 0.3) is 0 Å². The van der Waals surface area contributed by atoms with Crippen molar-refractivity contribution in [3.8, 4) is 11.5 Å². The van der Waals surface area contributed by atoms with Gasteiger partial charge in [0.2, 0.25) is 5.91 Å². The minimum Gasteiger partial charge on any atom is -0.497 e. The lowest BCUT2D eigenvalue weighted by Crippen LogP contribution is -2.29. The molecular weight excluding hydrogens is 354 g/mol. The molecule has 0 radical (unpaired) electrons. The highest BCUT2D eigenvalue weighted by atomic mass is 16.5. The maximum Gasteiger partial charge on any atom is 0.226 e. The normalized spacial score (nSPS) is 13.7. The second-order valence-corrected chi connectivity index (χ2v) is 6.89. The van der Waals surface area contributed by atoms with Crippen molar-refractivity contribution in [1.29, 1.82) is 0 Å². The predicted octanol–water partition coefficient (Wildman–Crippen LogP) is 4.13. The van der Waals surface area contributed by atoms with Gasteiger partial charge in [0, 0.05) is 43.5 Å². The van der Waals surface area contributed by atoms with Crippen LogP contribution in [0.4, 0.5) is 17.1 Å². The quantitative estimate of drug-likeness (QED) is 0.717. The van der Waals surface area contributed by atoms with Gasteiger partial charge in [-0.1, -0.05) is 0 Å². The highest BCUT2D eigenvalue weighted by molar-refractivity contribution is 5.92. The Bertz CT molecular complexity index is 771. The van der Waals surface area contributed by atoms with Gasteiger partial charge in [0.15, 0.2) is 0 Å². The molecule has 0 spiro atoms.